The van der Waals surface area contributed by atoms with Crippen LogP contribution in [0.5, 0.6) is 5.75 Å². The van der Waals surface area contributed by atoms with Gasteiger partial charge in [0.2, 0.25) is 6.29 Å². The fourth-order valence-corrected chi connectivity index (χ4v) is 2.61. The Morgan fingerprint density at radius 1 is 1.26 bits per heavy atom. The molecule has 1 aromatic carbocycles. The fourth-order valence-electron chi connectivity index (χ4n) is 2.43. The number of aliphatic hydroxyl groups excluding tert-OH is 3. The Morgan fingerprint density at radius 3 is 2.70 bits per heavy atom. The number of ether oxygens (including phenoxy) is 2. The quantitative estimate of drug-likeness (QED) is 0.547. The molecule has 8 nitrogen and oxygen atoms in total. The molecule has 1 fully saturated rings. The number of carbonyl (C=O) groups is 1. The second-order valence-corrected chi connectivity index (χ2v) is 5.61. The predicted molar refractivity (Wildman–Crippen MR) is 75.6 cm³/mol. The third kappa shape index (κ3) is 2.87. The van der Waals surface area contributed by atoms with E-state index < -0.39 is 36.7 Å². The van der Waals surface area contributed by atoms with Gasteiger partial charge in [-0.05, 0) is 18.2 Å². The second kappa shape index (κ2) is 5.99. The van der Waals surface area contributed by atoms with E-state index in [4.69, 9.17) is 21.1 Å². The van der Waals surface area contributed by atoms with E-state index in [-0.39, 0.29) is 5.75 Å². The molecule has 3 rings (SSSR count). The maximum atomic E-state index is 10.9. The maximum absolute atomic E-state index is 10.9. The van der Waals surface area contributed by atoms with Gasteiger partial charge in [-0.15, -0.1) is 0 Å². The summed E-state index contributed by atoms with van der Waals surface area (Å²) in [5.41, 5.74) is 0.662. The van der Waals surface area contributed by atoms with Crippen LogP contribution in [0.2, 0.25) is 5.02 Å². The summed E-state index contributed by atoms with van der Waals surface area (Å²) in [4.78, 5) is 13.8. The van der Waals surface area contributed by atoms with Crippen LogP contribution in [0.1, 0.15) is 0 Å². The average molecular weight is 343 g/mol. The molecule has 124 valence electrons. The van der Waals surface area contributed by atoms with Crippen LogP contribution in [-0.4, -0.2) is 57.0 Å². The Kier molecular flexibility index (Phi) is 4.17. The summed E-state index contributed by atoms with van der Waals surface area (Å²) >= 11 is 5.87. The number of carbonyl (C=O) groups excluding carboxylic acids is 1. The van der Waals surface area contributed by atoms with Crippen LogP contribution in [0, 0.1) is 0 Å². The SMILES string of the molecule is O=C([O-])[C@H]1OC(Oc2c[nH]c3cc(Cl)ccc23)[C@H](O)[C@@H](O)[C@@H]1O. The standard InChI is InChI=1S/C14H14ClNO7/c15-5-1-2-6-7(3-5)16-4-8(6)22-14-11(19)9(17)10(18)12(23-14)13(20)21/h1-4,9-12,14,16-19H,(H,20,21)/p-1/t9-,10-,11+,12-,14?/m0/s1. The number of carboxylic acids is 1. The third-order valence-electron chi connectivity index (χ3n) is 3.65. The van der Waals surface area contributed by atoms with Crippen LogP contribution in [0.3, 0.4) is 0 Å². The smallest absolute Gasteiger partial charge is 0.229 e. The van der Waals surface area contributed by atoms with Gasteiger partial charge in [-0.2, -0.15) is 0 Å². The van der Waals surface area contributed by atoms with Crippen molar-refractivity contribution in [2.45, 2.75) is 30.7 Å². The predicted octanol–water partition coefficient (Wildman–Crippen LogP) is -1.24. The molecular formula is C14H13ClNO7-. The molecule has 1 aliphatic heterocycles. The van der Waals surface area contributed by atoms with Crippen LogP contribution >= 0.6 is 11.6 Å². The largest absolute Gasteiger partial charge is 0.547 e. The van der Waals surface area contributed by atoms with Gasteiger partial charge in [0, 0.05) is 16.6 Å². The minimum Gasteiger partial charge on any atom is -0.547 e. The molecule has 1 unspecified atom stereocenters. The number of aliphatic carboxylic acids is 1. The summed E-state index contributed by atoms with van der Waals surface area (Å²) in [5.74, 6) is -1.45. The molecule has 0 spiro atoms. The van der Waals surface area contributed by atoms with Crippen molar-refractivity contribution in [3.05, 3.63) is 29.4 Å². The lowest BCUT2D eigenvalue weighted by Crippen LogP contribution is -2.63. The van der Waals surface area contributed by atoms with Crippen molar-refractivity contribution in [3.63, 3.8) is 0 Å². The number of benzene rings is 1. The Bertz CT molecular complexity index is 733. The van der Waals surface area contributed by atoms with Crippen molar-refractivity contribution in [3.8, 4) is 5.75 Å². The molecular weight excluding hydrogens is 330 g/mol. The topological polar surface area (TPSA) is 135 Å². The van der Waals surface area contributed by atoms with Gasteiger partial charge < -0.3 is 39.7 Å². The summed E-state index contributed by atoms with van der Waals surface area (Å²) in [6.07, 6.45) is -7.06. The number of aromatic amines is 1. The minimum absolute atomic E-state index is 0.265. The first-order valence-corrected chi connectivity index (χ1v) is 7.10. The first-order chi connectivity index (χ1) is 10.9. The highest BCUT2D eigenvalue weighted by Gasteiger charge is 2.45. The normalized spacial score (nSPS) is 31.2. The number of H-pyrrole nitrogens is 1. The highest BCUT2D eigenvalue weighted by atomic mass is 35.5. The molecule has 2 aromatic rings. The van der Waals surface area contributed by atoms with Gasteiger partial charge in [-0.25, -0.2) is 0 Å². The summed E-state index contributed by atoms with van der Waals surface area (Å²) < 4.78 is 10.5. The lowest BCUT2D eigenvalue weighted by atomic mass is 9.99. The summed E-state index contributed by atoms with van der Waals surface area (Å²) in [7, 11) is 0. The molecule has 0 radical (unpaired) electrons. The summed E-state index contributed by atoms with van der Waals surface area (Å²) in [6.45, 7) is 0. The van der Waals surface area contributed by atoms with Gasteiger partial charge >= 0.3 is 0 Å². The van der Waals surface area contributed by atoms with E-state index in [1.807, 2.05) is 0 Å². The molecule has 0 bridgehead atoms. The molecule has 0 aliphatic carbocycles. The molecule has 9 heteroatoms. The van der Waals surface area contributed by atoms with Gasteiger partial charge in [0.15, 0.2) is 0 Å². The van der Waals surface area contributed by atoms with E-state index in [2.05, 4.69) is 4.98 Å². The monoisotopic (exact) mass is 342 g/mol. The lowest BCUT2D eigenvalue weighted by Gasteiger charge is -2.40. The van der Waals surface area contributed by atoms with Gasteiger partial charge in [0.05, 0.1) is 11.5 Å². The van der Waals surface area contributed by atoms with Crippen molar-refractivity contribution in [2.75, 3.05) is 0 Å². The number of nitrogens with one attached hydrogen (secondary N) is 1. The van der Waals surface area contributed by atoms with E-state index in [1.54, 1.807) is 18.2 Å². The van der Waals surface area contributed by atoms with Crippen molar-refractivity contribution >= 4 is 28.5 Å². The first-order valence-electron chi connectivity index (χ1n) is 6.72. The van der Waals surface area contributed by atoms with Crippen LogP contribution in [0.15, 0.2) is 24.4 Å². The van der Waals surface area contributed by atoms with Crippen LogP contribution < -0.4 is 9.84 Å². The van der Waals surface area contributed by atoms with Gasteiger partial charge in [-0.3, -0.25) is 0 Å². The molecule has 4 N–H and O–H groups in total. The van der Waals surface area contributed by atoms with Crippen LogP contribution in [-0.2, 0) is 9.53 Å². The molecule has 1 aliphatic rings. The zero-order chi connectivity index (χ0) is 16.7. The number of halogens is 1. The zero-order valence-corrected chi connectivity index (χ0v) is 12.3. The van der Waals surface area contributed by atoms with E-state index in [0.717, 1.165) is 0 Å². The first kappa shape index (κ1) is 16.0. The number of aromatic nitrogens is 1. The highest BCUT2D eigenvalue weighted by Crippen LogP contribution is 2.31. The highest BCUT2D eigenvalue weighted by molar-refractivity contribution is 6.31. The van der Waals surface area contributed by atoms with Crippen LogP contribution in [0.4, 0.5) is 0 Å². The van der Waals surface area contributed by atoms with Gasteiger partial charge in [-0.1, -0.05) is 11.6 Å². The number of carboxylic acid groups (broad SMARTS) is 1. The van der Waals surface area contributed by atoms with E-state index in [9.17, 15) is 25.2 Å². The minimum atomic E-state index is -1.82. The molecule has 1 saturated heterocycles. The molecule has 1 aromatic heterocycles. The Labute approximate surface area is 134 Å². The number of aliphatic hydroxyl groups is 3. The second-order valence-electron chi connectivity index (χ2n) is 5.18. The van der Waals surface area contributed by atoms with E-state index in [1.165, 1.54) is 6.20 Å². The van der Waals surface area contributed by atoms with Crippen LogP contribution in [0.25, 0.3) is 10.9 Å². The summed E-state index contributed by atoms with van der Waals surface area (Å²) in [5, 5.41) is 41.3. The molecule has 23 heavy (non-hydrogen) atoms. The van der Waals surface area contributed by atoms with Gasteiger partial charge in [0.25, 0.3) is 0 Å². The van der Waals surface area contributed by atoms with Crippen molar-refractivity contribution in [1.82, 2.24) is 4.98 Å². The molecule has 0 amide bonds. The van der Waals surface area contributed by atoms with Crippen molar-refractivity contribution in [2.24, 2.45) is 0 Å². The number of fused-ring (bicyclic) bond motifs is 1. The zero-order valence-electron chi connectivity index (χ0n) is 11.5. The van der Waals surface area contributed by atoms with E-state index in [0.29, 0.717) is 15.9 Å². The average Bonchev–Trinajstić information content (AvgIpc) is 2.89. The van der Waals surface area contributed by atoms with E-state index >= 15 is 0 Å². The maximum Gasteiger partial charge on any atom is 0.229 e. The molecule has 0 saturated carbocycles. The number of hydrogen-bond donors (Lipinski definition) is 4. The van der Waals surface area contributed by atoms with Gasteiger partial charge in [0.1, 0.15) is 30.2 Å². The third-order valence-corrected chi connectivity index (χ3v) is 3.89. The molecule has 2 heterocycles. The number of hydrogen-bond acceptors (Lipinski definition) is 7. The lowest BCUT2D eigenvalue weighted by molar-refractivity contribution is -0.342. The Morgan fingerprint density at radius 2 is 2.00 bits per heavy atom. The van der Waals surface area contributed by atoms with Crippen molar-refractivity contribution < 1.29 is 34.7 Å². The Hall–Kier alpha value is -1.84. The van der Waals surface area contributed by atoms with Crippen molar-refractivity contribution in [1.29, 1.82) is 0 Å². The molecule has 5 atom stereocenters. The fraction of sp³-hybridized carbons (Fsp3) is 0.357. The number of rotatable bonds is 3. The summed E-state index contributed by atoms with van der Waals surface area (Å²) in [6, 6.07) is 4.95. The Balaban J connectivity index is 1.86.